The highest BCUT2D eigenvalue weighted by Gasteiger charge is 2.10. The van der Waals surface area contributed by atoms with Crippen LogP contribution in [0.15, 0.2) is 48.6 Å². The summed E-state index contributed by atoms with van der Waals surface area (Å²) in [6, 6.07) is 10.5. The molecule has 2 rings (SSSR count). The number of hydrogen-bond donors (Lipinski definition) is 0. The molecule has 0 saturated heterocycles. The van der Waals surface area contributed by atoms with E-state index >= 15 is 0 Å². The van der Waals surface area contributed by atoms with Gasteiger partial charge in [0.2, 0.25) is 0 Å². The van der Waals surface area contributed by atoms with Gasteiger partial charge in [-0.2, -0.15) is 0 Å². The van der Waals surface area contributed by atoms with Crippen molar-refractivity contribution >= 4 is 5.57 Å². The second-order valence-electron chi connectivity index (χ2n) is 3.45. The van der Waals surface area contributed by atoms with E-state index in [2.05, 4.69) is 47.2 Å². The van der Waals surface area contributed by atoms with E-state index in [4.69, 9.17) is 0 Å². The van der Waals surface area contributed by atoms with E-state index in [0.717, 1.165) is 6.42 Å². The van der Waals surface area contributed by atoms with Crippen molar-refractivity contribution in [3.8, 4) is 0 Å². The third kappa shape index (κ3) is 1.94. The summed E-state index contributed by atoms with van der Waals surface area (Å²) in [5.41, 5.74) is 2.60. The van der Waals surface area contributed by atoms with Crippen LogP contribution in [0.4, 0.5) is 0 Å². The normalized spacial score (nSPS) is 20.6. The van der Waals surface area contributed by atoms with Gasteiger partial charge in [-0.25, -0.2) is 0 Å². The third-order valence-electron chi connectivity index (χ3n) is 2.52. The Kier molecular flexibility index (Phi) is 2.80. The van der Waals surface area contributed by atoms with Crippen molar-refractivity contribution in [1.29, 1.82) is 0 Å². The Morgan fingerprint density at radius 1 is 1.21 bits per heavy atom. The maximum atomic E-state index is 4.24. The van der Waals surface area contributed by atoms with Crippen molar-refractivity contribution < 1.29 is 4.74 Å². The first kappa shape index (κ1) is 9.22. The first-order valence-corrected chi connectivity index (χ1v) is 4.93. The van der Waals surface area contributed by atoms with Gasteiger partial charge < -0.3 is 4.74 Å². The van der Waals surface area contributed by atoms with Gasteiger partial charge >= 0.3 is 0 Å². The minimum Gasteiger partial charge on any atom is -0.430 e. The fourth-order valence-corrected chi connectivity index (χ4v) is 1.65. The number of ether oxygens (including phenoxy) is 1. The lowest BCUT2D eigenvalue weighted by atomic mass is 9.98. The summed E-state index contributed by atoms with van der Waals surface area (Å²) >= 11 is 0. The average Bonchev–Trinajstić information content (AvgIpc) is 2.30. The highest BCUT2D eigenvalue weighted by Crippen LogP contribution is 2.21. The van der Waals surface area contributed by atoms with Crippen LogP contribution in [0.1, 0.15) is 12.0 Å². The molecule has 0 heterocycles. The fourth-order valence-electron chi connectivity index (χ4n) is 1.65. The van der Waals surface area contributed by atoms with Crippen LogP contribution in [0.3, 0.4) is 0 Å². The minimum absolute atomic E-state index is 0.377. The molecule has 0 aliphatic heterocycles. The Balaban J connectivity index is 2.16. The van der Waals surface area contributed by atoms with Crippen LogP contribution >= 0.6 is 0 Å². The fraction of sp³-hybridized carbons (Fsp3) is 0.231. The Bertz CT molecular complexity index is 349. The zero-order chi connectivity index (χ0) is 9.80. The minimum atomic E-state index is 0.377. The number of hydrogen-bond acceptors (Lipinski definition) is 0. The molecule has 1 heteroatoms. The van der Waals surface area contributed by atoms with Gasteiger partial charge in [0.15, 0.2) is 6.10 Å². The van der Waals surface area contributed by atoms with Gasteiger partial charge in [0.25, 0.3) is 0 Å². The zero-order valence-electron chi connectivity index (χ0n) is 8.35. The van der Waals surface area contributed by atoms with Crippen molar-refractivity contribution in [1.82, 2.24) is 0 Å². The Labute approximate surface area is 84.7 Å². The molecule has 1 aliphatic carbocycles. The molecule has 0 spiro atoms. The van der Waals surface area contributed by atoms with Crippen molar-refractivity contribution in [3.63, 3.8) is 0 Å². The van der Waals surface area contributed by atoms with E-state index in [-0.39, 0.29) is 0 Å². The van der Waals surface area contributed by atoms with Gasteiger partial charge in [0.1, 0.15) is 7.11 Å². The van der Waals surface area contributed by atoms with E-state index in [0.29, 0.717) is 6.10 Å². The van der Waals surface area contributed by atoms with Crippen LogP contribution in [0.2, 0.25) is 0 Å². The summed E-state index contributed by atoms with van der Waals surface area (Å²) in [5.74, 6) is 0. The van der Waals surface area contributed by atoms with Crippen LogP contribution in [0.5, 0.6) is 0 Å². The van der Waals surface area contributed by atoms with Gasteiger partial charge in [-0.1, -0.05) is 42.5 Å². The maximum absolute atomic E-state index is 4.24. The molecule has 1 unspecified atom stereocenters. The van der Waals surface area contributed by atoms with Crippen LogP contribution in [0.25, 0.3) is 5.57 Å². The molecule has 0 radical (unpaired) electrons. The molecule has 0 bridgehead atoms. The van der Waals surface area contributed by atoms with Crippen molar-refractivity contribution in [2.75, 3.05) is 7.11 Å². The predicted octanol–water partition coefficient (Wildman–Crippen LogP) is 2.56. The van der Waals surface area contributed by atoms with Crippen LogP contribution in [-0.4, -0.2) is 18.0 Å². The summed E-state index contributed by atoms with van der Waals surface area (Å²) in [6.45, 7) is 0. The quantitative estimate of drug-likeness (QED) is 0.631. The molecule has 0 amide bonds. The lowest BCUT2D eigenvalue weighted by Gasteiger charge is -2.11. The molecule has 1 nitrogen and oxygen atoms in total. The number of aliphatic hydroxyl groups is 2. The molecular weight excluding hydrogens is 172 g/mol. The third-order valence-corrected chi connectivity index (χ3v) is 2.52. The first-order valence-electron chi connectivity index (χ1n) is 4.93. The van der Waals surface area contributed by atoms with Crippen molar-refractivity contribution in [2.45, 2.75) is 12.5 Å². The summed E-state index contributed by atoms with van der Waals surface area (Å²) in [5, 5.41) is 0. The van der Waals surface area contributed by atoms with Gasteiger partial charge in [-0.3, -0.25) is 0 Å². The zero-order valence-corrected chi connectivity index (χ0v) is 8.35. The van der Waals surface area contributed by atoms with E-state index in [1.807, 2.05) is 13.2 Å². The molecule has 1 aromatic carbocycles. The number of benzene rings is 1. The second kappa shape index (κ2) is 4.25. The summed E-state index contributed by atoms with van der Waals surface area (Å²) in [7, 11) is 1.87. The molecule has 1 aromatic rings. The monoisotopic (exact) mass is 187 g/mol. The summed E-state index contributed by atoms with van der Waals surface area (Å²) < 4.78 is 4.24. The number of rotatable bonds is 2. The van der Waals surface area contributed by atoms with E-state index in [1.54, 1.807) is 0 Å². The molecule has 0 aromatic heterocycles. The van der Waals surface area contributed by atoms with Crippen LogP contribution in [-0.2, 0) is 0 Å². The highest BCUT2D eigenvalue weighted by atomic mass is 16.5. The van der Waals surface area contributed by atoms with Crippen LogP contribution < -0.4 is 0 Å². The second-order valence-corrected chi connectivity index (χ2v) is 3.45. The van der Waals surface area contributed by atoms with E-state index in [9.17, 15) is 0 Å². The lowest BCUT2D eigenvalue weighted by molar-refractivity contribution is -0.0304. The van der Waals surface area contributed by atoms with Gasteiger partial charge in [0.05, 0.1) is 0 Å². The van der Waals surface area contributed by atoms with Gasteiger partial charge in [-0.15, -0.1) is 0 Å². The standard InChI is InChI=1S/C13H14O/c1-14-13-9-7-12(8-10-13)11-5-3-2-4-6-11/h2-9,13H,10H2,1H3/p+1. The first-order chi connectivity index (χ1) is 6.90. The number of allylic oxidation sites excluding steroid dienone is 2. The SMILES string of the molecule is C[OH+]C1C=CC(c2ccccc2)=CC1. The van der Waals surface area contributed by atoms with E-state index < -0.39 is 0 Å². The highest BCUT2D eigenvalue weighted by molar-refractivity contribution is 5.74. The molecule has 0 saturated carbocycles. The molecule has 14 heavy (non-hydrogen) atoms. The summed E-state index contributed by atoms with van der Waals surface area (Å²) in [6.07, 6.45) is 7.99. The van der Waals surface area contributed by atoms with Crippen LogP contribution in [0, 0.1) is 0 Å². The van der Waals surface area contributed by atoms with Crippen molar-refractivity contribution in [3.05, 3.63) is 54.1 Å². The molecular formula is C13H15O+. The smallest absolute Gasteiger partial charge is 0.177 e. The van der Waals surface area contributed by atoms with Gasteiger partial charge in [0, 0.05) is 6.42 Å². The Morgan fingerprint density at radius 2 is 2.00 bits per heavy atom. The van der Waals surface area contributed by atoms with Gasteiger partial charge in [-0.05, 0) is 17.2 Å². The van der Waals surface area contributed by atoms with Crippen molar-refractivity contribution in [2.24, 2.45) is 0 Å². The lowest BCUT2D eigenvalue weighted by Crippen LogP contribution is -2.12. The molecule has 1 aliphatic rings. The van der Waals surface area contributed by atoms with E-state index in [1.165, 1.54) is 11.1 Å². The maximum Gasteiger partial charge on any atom is 0.177 e. The molecule has 1 N–H and O–H groups in total. The Morgan fingerprint density at radius 3 is 2.57 bits per heavy atom. The average molecular weight is 187 g/mol. The molecule has 1 atom stereocenters. The predicted molar refractivity (Wildman–Crippen MR) is 60.1 cm³/mol. The molecule has 72 valence electrons. The Hall–Kier alpha value is -1.34. The topological polar surface area (TPSA) is 12.8 Å². The largest absolute Gasteiger partial charge is 0.430 e. The summed E-state index contributed by atoms with van der Waals surface area (Å²) in [4.78, 5) is 0. The molecule has 0 fully saturated rings.